The number of aryl methyl sites for hydroxylation is 2. The van der Waals surface area contributed by atoms with E-state index >= 15 is 0 Å². The molecule has 0 saturated carbocycles. The highest BCUT2D eigenvalue weighted by atomic mass is 16.2. The minimum absolute atomic E-state index is 0.393. The van der Waals surface area contributed by atoms with Crippen molar-refractivity contribution in [3.63, 3.8) is 0 Å². The lowest BCUT2D eigenvalue weighted by atomic mass is 10.4. The lowest BCUT2D eigenvalue weighted by molar-refractivity contribution is 0.665. The van der Waals surface area contributed by atoms with Gasteiger partial charge in [0.25, 0.3) is 5.56 Å². The molecule has 0 aliphatic carbocycles. The zero-order chi connectivity index (χ0) is 12.0. The normalized spacial score (nSPS) is 15.4. The molecule has 0 spiro atoms. The standard InChI is InChI=1S/C9H12N6O2/c1-14-6-5(7(16)12-9(14)17)15-4-2-3-10-13-8(15)11-6/h10H,2-4H2,1H3,(H,11,13)(H,12,16,17). The number of aromatic amines is 1. The third kappa shape index (κ3) is 1.37. The lowest BCUT2D eigenvalue weighted by Crippen LogP contribution is -2.29. The van der Waals surface area contributed by atoms with Crippen molar-refractivity contribution in [2.45, 2.75) is 13.0 Å². The molecular weight excluding hydrogens is 224 g/mol. The van der Waals surface area contributed by atoms with Crippen LogP contribution >= 0.6 is 0 Å². The molecule has 3 N–H and O–H groups in total. The van der Waals surface area contributed by atoms with Crippen LogP contribution in [0.15, 0.2) is 9.59 Å². The molecule has 8 nitrogen and oxygen atoms in total. The molecule has 3 rings (SSSR count). The number of H-pyrrole nitrogens is 1. The summed E-state index contributed by atoms with van der Waals surface area (Å²) < 4.78 is 3.12. The van der Waals surface area contributed by atoms with E-state index in [-0.39, 0.29) is 0 Å². The molecule has 1 aliphatic rings. The van der Waals surface area contributed by atoms with E-state index in [9.17, 15) is 9.59 Å². The van der Waals surface area contributed by atoms with Gasteiger partial charge in [0.2, 0.25) is 5.95 Å². The van der Waals surface area contributed by atoms with E-state index in [1.54, 1.807) is 11.6 Å². The maximum atomic E-state index is 11.8. The second kappa shape index (κ2) is 3.45. The van der Waals surface area contributed by atoms with Crippen LogP contribution in [0.4, 0.5) is 5.95 Å². The van der Waals surface area contributed by atoms with Crippen LogP contribution in [0.25, 0.3) is 11.2 Å². The molecule has 0 bridgehead atoms. The summed E-state index contributed by atoms with van der Waals surface area (Å²) in [5, 5.41) is 0. The Hall–Kier alpha value is -2.09. The minimum Gasteiger partial charge on any atom is -0.303 e. The number of imidazole rings is 1. The molecule has 0 amide bonds. The summed E-state index contributed by atoms with van der Waals surface area (Å²) in [7, 11) is 1.58. The molecule has 8 heteroatoms. The van der Waals surface area contributed by atoms with Crippen LogP contribution in [0, 0.1) is 0 Å². The average Bonchev–Trinajstić information content (AvgIpc) is 2.51. The number of hydrogen-bond acceptors (Lipinski definition) is 5. The van der Waals surface area contributed by atoms with Gasteiger partial charge in [-0.25, -0.2) is 10.2 Å². The number of rotatable bonds is 0. The summed E-state index contributed by atoms with van der Waals surface area (Å²) in [5.74, 6) is 0.559. The highest BCUT2D eigenvalue weighted by Gasteiger charge is 2.18. The molecule has 2 aromatic rings. The van der Waals surface area contributed by atoms with Gasteiger partial charge in [-0.3, -0.25) is 19.8 Å². The lowest BCUT2D eigenvalue weighted by Gasteiger charge is -2.02. The Balaban J connectivity index is 2.43. The number of aromatic nitrogens is 4. The SMILES string of the molecule is Cn1c(=O)[nH]c(=O)c2c1nc1n2CCCNN1. The Labute approximate surface area is 95.2 Å². The largest absolute Gasteiger partial charge is 0.329 e. The maximum absolute atomic E-state index is 11.8. The first-order valence-electron chi connectivity index (χ1n) is 5.37. The second-order valence-corrected chi connectivity index (χ2v) is 3.98. The molecule has 0 saturated heterocycles. The third-order valence-electron chi connectivity index (χ3n) is 2.89. The molecule has 17 heavy (non-hydrogen) atoms. The van der Waals surface area contributed by atoms with Crippen LogP contribution in [0.5, 0.6) is 0 Å². The van der Waals surface area contributed by atoms with E-state index in [1.165, 1.54) is 4.57 Å². The number of nitrogens with one attached hydrogen (secondary N) is 3. The van der Waals surface area contributed by atoms with E-state index < -0.39 is 11.2 Å². The van der Waals surface area contributed by atoms with Gasteiger partial charge in [-0.1, -0.05) is 0 Å². The summed E-state index contributed by atoms with van der Waals surface area (Å²) in [6.45, 7) is 1.49. The first kappa shape index (κ1) is 10.1. The van der Waals surface area contributed by atoms with Gasteiger partial charge in [-0.15, -0.1) is 0 Å². The Morgan fingerprint density at radius 1 is 1.35 bits per heavy atom. The van der Waals surface area contributed by atoms with Crippen molar-refractivity contribution in [2.75, 3.05) is 12.0 Å². The summed E-state index contributed by atoms with van der Waals surface area (Å²) in [6, 6.07) is 0. The van der Waals surface area contributed by atoms with Crippen molar-refractivity contribution in [1.29, 1.82) is 0 Å². The van der Waals surface area contributed by atoms with Crippen LogP contribution in [-0.4, -0.2) is 25.6 Å². The second-order valence-electron chi connectivity index (χ2n) is 3.98. The highest BCUT2D eigenvalue weighted by molar-refractivity contribution is 5.74. The van der Waals surface area contributed by atoms with Crippen molar-refractivity contribution in [2.24, 2.45) is 7.05 Å². The van der Waals surface area contributed by atoms with Gasteiger partial charge in [0, 0.05) is 20.1 Å². The molecule has 1 aliphatic heterocycles. The third-order valence-corrected chi connectivity index (χ3v) is 2.89. The fourth-order valence-corrected chi connectivity index (χ4v) is 2.01. The predicted molar refractivity (Wildman–Crippen MR) is 61.8 cm³/mol. The van der Waals surface area contributed by atoms with Crippen molar-refractivity contribution >= 4 is 17.1 Å². The number of hydrazine groups is 1. The molecule has 0 radical (unpaired) electrons. The monoisotopic (exact) mass is 236 g/mol. The van der Waals surface area contributed by atoms with Crippen LogP contribution in [0.2, 0.25) is 0 Å². The van der Waals surface area contributed by atoms with Crippen LogP contribution < -0.4 is 22.1 Å². The van der Waals surface area contributed by atoms with E-state index in [4.69, 9.17) is 0 Å². The van der Waals surface area contributed by atoms with Gasteiger partial charge >= 0.3 is 5.69 Å². The molecule has 0 atom stereocenters. The van der Waals surface area contributed by atoms with Crippen LogP contribution in [0.1, 0.15) is 6.42 Å². The molecule has 3 heterocycles. The number of hydrogen-bond donors (Lipinski definition) is 3. The molecule has 2 aromatic heterocycles. The quantitative estimate of drug-likeness (QED) is 0.530. The number of fused-ring (bicyclic) bond motifs is 3. The maximum Gasteiger partial charge on any atom is 0.329 e. The van der Waals surface area contributed by atoms with E-state index in [0.29, 0.717) is 23.7 Å². The van der Waals surface area contributed by atoms with E-state index in [1.807, 2.05) is 0 Å². The Morgan fingerprint density at radius 2 is 2.18 bits per heavy atom. The topological polar surface area (TPSA) is 96.7 Å². The predicted octanol–water partition coefficient (Wildman–Crippen LogP) is -1.26. The van der Waals surface area contributed by atoms with Crippen molar-refractivity contribution < 1.29 is 0 Å². The summed E-state index contributed by atoms with van der Waals surface area (Å²) in [6.07, 6.45) is 0.883. The number of nitrogens with zero attached hydrogens (tertiary/aromatic N) is 3. The Morgan fingerprint density at radius 3 is 3.00 bits per heavy atom. The fraction of sp³-hybridized carbons (Fsp3) is 0.444. The fourth-order valence-electron chi connectivity index (χ4n) is 2.01. The van der Waals surface area contributed by atoms with Crippen molar-refractivity contribution in [1.82, 2.24) is 24.5 Å². The van der Waals surface area contributed by atoms with E-state index in [2.05, 4.69) is 20.8 Å². The Bertz CT molecular complexity index is 694. The van der Waals surface area contributed by atoms with E-state index in [0.717, 1.165) is 13.0 Å². The van der Waals surface area contributed by atoms with Crippen LogP contribution in [-0.2, 0) is 13.6 Å². The van der Waals surface area contributed by atoms with Crippen molar-refractivity contribution in [3.05, 3.63) is 20.8 Å². The molecule has 90 valence electrons. The zero-order valence-corrected chi connectivity index (χ0v) is 9.28. The van der Waals surface area contributed by atoms with Gasteiger partial charge in [-0.05, 0) is 6.42 Å². The van der Waals surface area contributed by atoms with Gasteiger partial charge in [0.05, 0.1) is 0 Å². The molecular formula is C9H12N6O2. The molecule has 0 aromatic carbocycles. The summed E-state index contributed by atoms with van der Waals surface area (Å²) >= 11 is 0. The molecule has 0 fully saturated rings. The summed E-state index contributed by atoms with van der Waals surface area (Å²) in [4.78, 5) is 29.8. The van der Waals surface area contributed by atoms with Gasteiger partial charge < -0.3 is 4.57 Å². The number of anilines is 1. The smallest absolute Gasteiger partial charge is 0.303 e. The van der Waals surface area contributed by atoms with Crippen molar-refractivity contribution in [3.8, 4) is 0 Å². The average molecular weight is 236 g/mol. The zero-order valence-electron chi connectivity index (χ0n) is 9.28. The minimum atomic E-state index is -0.455. The Kier molecular flexibility index (Phi) is 2.05. The van der Waals surface area contributed by atoms with Gasteiger partial charge in [0.15, 0.2) is 11.2 Å². The van der Waals surface area contributed by atoms with Gasteiger partial charge in [-0.2, -0.15) is 4.98 Å². The van der Waals surface area contributed by atoms with Crippen LogP contribution in [0.3, 0.4) is 0 Å². The van der Waals surface area contributed by atoms with Gasteiger partial charge in [0.1, 0.15) is 0 Å². The summed E-state index contributed by atoms with van der Waals surface area (Å²) in [5.41, 5.74) is 5.88. The first-order valence-corrected chi connectivity index (χ1v) is 5.37. The highest BCUT2D eigenvalue weighted by Crippen LogP contribution is 2.16. The molecule has 0 unspecified atom stereocenters. The first-order chi connectivity index (χ1) is 8.18.